The van der Waals surface area contributed by atoms with E-state index in [0.717, 1.165) is 43.9 Å². The van der Waals surface area contributed by atoms with Gasteiger partial charge in [-0.05, 0) is 40.0 Å². The topological polar surface area (TPSA) is 60.5 Å². The number of nitrogens with zero attached hydrogens (tertiary/aromatic N) is 1. The van der Waals surface area contributed by atoms with Crippen molar-refractivity contribution < 1.29 is 14.3 Å². The summed E-state index contributed by atoms with van der Waals surface area (Å²) in [5.74, 6) is 0.554. The van der Waals surface area contributed by atoms with E-state index in [9.17, 15) is 4.79 Å². The van der Waals surface area contributed by atoms with Gasteiger partial charge in [0.15, 0.2) is 0 Å². The van der Waals surface area contributed by atoms with Gasteiger partial charge in [-0.2, -0.15) is 0 Å². The number of thiazole rings is 1. The molecule has 0 unspecified atom stereocenters. The third-order valence-electron chi connectivity index (χ3n) is 3.44. The van der Waals surface area contributed by atoms with Crippen LogP contribution in [0.25, 0.3) is 0 Å². The predicted octanol–water partition coefficient (Wildman–Crippen LogP) is 3.49. The van der Waals surface area contributed by atoms with E-state index in [1.807, 2.05) is 20.8 Å². The van der Waals surface area contributed by atoms with Gasteiger partial charge < -0.3 is 14.8 Å². The Morgan fingerprint density at radius 2 is 2.18 bits per heavy atom. The molecule has 1 aromatic heterocycles. The molecule has 0 aromatic carbocycles. The molecule has 1 N–H and O–H groups in total. The van der Waals surface area contributed by atoms with Crippen molar-refractivity contribution in [1.82, 2.24) is 10.3 Å². The van der Waals surface area contributed by atoms with Crippen molar-refractivity contribution in [2.24, 2.45) is 0 Å². The van der Waals surface area contributed by atoms with E-state index in [4.69, 9.17) is 14.5 Å². The molecule has 1 amide bonds. The molecule has 0 radical (unpaired) electrons. The summed E-state index contributed by atoms with van der Waals surface area (Å²) in [5, 5.41) is 6.10. The number of hydrogen-bond donors (Lipinski definition) is 1. The number of rotatable bonds is 5. The minimum atomic E-state index is -0.446. The van der Waals surface area contributed by atoms with Crippen molar-refractivity contribution in [3.8, 4) is 0 Å². The summed E-state index contributed by atoms with van der Waals surface area (Å²) in [5.41, 5.74) is 0.765. The number of amides is 1. The number of ether oxygens (including phenoxy) is 2. The van der Waals surface area contributed by atoms with Crippen LogP contribution in [-0.2, 0) is 15.9 Å². The second-order valence-corrected chi connectivity index (χ2v) is 7.53. The van der Waals surface area contributed by atoms with Crippen molar-refractivity contribution >= 4 is 17.4 Å². The molecule has 0 bridgehead atoms. The highest BCUT2D eigenvalue weighted by atomic mass is 32.1. The Balaban J connectivity index is 1.67. The molecule has 0 saturated carbocycles. The molecule has 124 valence electrons. The Kier molecular flexibility index (Phi) is 6.20. The van der Waals surface area contributed by atoms with Crippen molar-refractivity contribution in [3.05, 3.63) is 16.1 Å². The molecule has 0 atom stereocenters. The van der Waals surface area contributed by atoms with Gasteiger partial charge in [-0.25, -0.2) is 9.78 Å². The van der Waals surface area contributed by atoms with E-state index in [1.165, 1.54) is 5.69 Å². The van der Waals surface area contributed by atoms with E-state index in [1.54, 1.807) is 11.3 Å². The number of alkyl carbamates (subject to hydrolysis) is 1. The van der Waals surface area contributed by atoms with Gasteiger partial charge in [-0.15, -0.1) is 11.3 Å². The average molecular weight is 326 g/mol. The first-order valence-corrected chi connectivity index (χ1v) is 8.81. The van der Waals surface area contributed by atoms with Crippen LogP contribution >= 0.6 is 11.3 Å². The first-order valence-electron chi connectivity index (χ1n) is 7.93. The van der Waals surface area contributed by atoms with E-state index in [-0.39, 0.29) is 6.09 Å². The van der Waals surface area contributed by atoms with Crippen LogP contribution in [0, 0.1) is 0 Å². The SMILES string of the molecule is CC(C)(C)OC(=O)NCCCc1nc(C2CCOCC2)cs1. The fourth-order valence-corrected chi connectivity index (χ4v) is 3.29. The summed E-state index contributed by atoms with van der Waals surface area (Å²) in [6.45, 7) is 7.88. The van der Waals surface area contributed by atoms with Crippen molar-refractivity contribution in [1.29, 1.82) is 0 Å². The third-order valence-corrected chi connectivity index (χ3v) is 4.37. The number of aryl methyl sites for hydroxylation is 1. The van der Waals surface area contributed by atoms with Crippen LogP contribution in [0.2, 0.25) is 0 Å². The number of aromatic nitrogens is 1. The van der Waals surface area contributed by atoms with Gasteiger partial charge in [0, 0.05) is 37.5 Å². The molecule has 6 heteroatoms. The molecule has 5 nitrogen and oxygen atoms in total. The van der Waals surface area contributed by atoms with Gasteiger partial charge in [0.25, 0.3) is 0 Å². The summed E-state index contributed by atoms with van der Waals surface area (Å²) < 4.78 is 10.6. The van der Waals surface area contributed by atoms with Crippen LogP contribution < -0.4 is 5.32 Å². The normalized spacial score (nSPS) is 16.5. The third kappa shape index (κ3) is 5.93. The van der Waals surface area contributed by atoms with Crippen LogP contribution in [-0.4, -0.2) is 36.4 Å². The Morgan fingerprint density at radius 3 is 2.86 bits per heavy atom. The van der Waals surface area contributed by atoms with Gasteiger partial charge in [-0.1, -0.05) is 0 Å². The highest BCUT2D eigenvalue weighted by Crippen LogP contribution is 2.28. The fourth-order valence-electron chi connectivity index (χ4n) is 2.37. The number of carbonyl (C=O) groups is 1. The molecule has 2 heterocycles. The molecule has 1 aliphatic rings. The van der Waals surface area contributed by atoms with E-state index < -0.39 is 5.60 Å². The van der Waals surface area contributed by atoms with Crippen LogP contribution in [0.15, 0.2) is 5.38 Å². The smallest absolute Gasteiger partial charge is 0.407 e. The number of carbonyl (C=O) groups excluding carboxylic acids is 1. The molecule has 1 aromatic rings. The second-order valence-electron chi connectivity index (χ2n) is 6.58. The monoisotopic (exact) mass is 326 g/mol. The van der Waals surface area contributed by atoms with Crippen molar-refractivity contribution in [2.75, 3.05) is 19.8 Å². The first kappa shape index (κ1) is 17.2. The van der Waals surface area contributed by atoms with Crippen LogP contribution in [0.5, 0.6) is 0 Å². The summed E-state index contributed by atoms with van der Waals surface area (Å²) in [6, 6.07) is 0. The van der Waals surface area contributed by atoms with E-state index in [2.05, 4.69) is 10.7 Å². The molecule has 22 heavy (non-hydrogen) atoms. The number of nitrogens with one attached hydrogen (secondary N) is 1. The lowest BCUT2D eigenvalue weighted by atomic mass is 9.97. The minimum absolute atomic E-state index is 0.352. The maximum atomic E-state index is 11.5. The Labute approximate surface area is 136 Å². The zero-order valence-corrected chi connectivity index (χ0v) is 14.5. The zero-order valence-electron chi connectivity index (χ0n) is 13.7. The standard InChI is InChI=1S/C16H26N2O3S/c1-16(2,3)21-15(19)17-8-4-5-14-18-13(11-22-14)12-6-9-20-10-7-12/h11-12H,4-10H2,1-3H3,(H,17,19). The molecule has 2 rings (SSSR count). The van der Waals surface area contributed by atoms with E-state index >= 15 is 0 Å². The maximum absolute atomic E-state index is 11.5. The van der Waals surface area contributed by atoms with Gasteiger partial charge in [0.1, 0.15) is 5.60 Å². The summed E-state index contributed by atoms with van der Waals surface area (Å²) >= 11 is 1.72. The van der Waals surface area contributed by atoms with Crippen molar-refractivity contribution in [3.63, 3.8) is 0 Å². The largest absolute Gasteiger partial charge is 0.444 e. The molecule has 1 fully saturated rings. The minimum Gasteiger partial charge on any atom is -0.444 e. The van der Waals surface area contributed by atoms with Crippen LogP contribution in [0.4, 0.5) is 4.79 Å². The lowest BCUT2D eigenvalue weighted by Gasteiger charge is -2.20. The lowest BCUT2D eigenvalue weighted by molar-refractivity contribution is 0.0527. The fraction of sp³-hybridized carbons (Fsp3) is 0.750. The molecule has 1 saturated heterocycles. The average Bonchev–Trinajstić information content (AvgIpc) is 2.91. The quantitative estimate of drug-likeness (QED) is 0.841. The maximum Gasteiger partial charge on any atom is 0.407 e. The van der Waals surface area contributed by atoms with Gasteiger partial charge >= 0.3 is 6.09 Å². The number of hydrogen-bond acceptors (Lipinski definition) is 5. The highest BCUT2D eigenvalue weighted by molar-refractivity contribution is 7.09. The molecule has 1 aliphatic heterocycles. The van der Waals surface area contributed by atoms with E-state index in [0.29, 0.717) is 12.5 Å². The predicted molar refractivity (Wildman–Crippen MR) is 87.5 cm³/mol. The van der Waals surface area contributed by atoms with Gasteiger partial charge in [0.2, 0.25) is 0 Å². The van der Waals surface area contributed by atoms with Crippen LogP contribution in [0.3, 0.4) is 0 Å². The Bertz CT molecular complexity index is 476. The Morgan fingerprint density at radius 1 is 1.45 bits per heavy atom. The summed E-state index contributed by atoms with van der Waals surface area (Å²) in [4.78, 5) is 16.3. The molecule has 0 aliphatic carbocycles. The molecular formula is C16H26N2O3S. The van der Waals surface area contributed by atoms with Gasteiger partial charge in [-0.3, -0.25) is 0 Å². The highest BCUT2D eigenvalue weighted by Gasteiger charge is 2.18. The Hall–Kier alpha value is -1.14. The van der Waals surface area contributed by atoms with Crippen molar-refractivity contribution in [2.45, 2.75) is 58.0 Å². The second kappa shape index (κ2) is 7.92. The lowest BCUT2D eigenvalue weighted by Crippen LogP contribution is -2.33. The van der Waals surface area contributed by atoms with Gasteiger partial charge in [0.05, 0.1) is 10.7 Å². The molecular weight excluding hydrogens is 300 g/mol. The summed E-state index contributed by atoms with van der Waals surface area (Å²) in [7, 11) is 0. The first-order chi connectivity index (χ1) is 10.4. The summed E-state index contributed by atoms with van der Waals surface area (Å²) in [6.07, 6.45) is 3.56. The molecule has 0 spiro atoms. The zero-order chi connectivity index (χ0) is 16.0. The van der Waals surface area contributed by atoms with Crippen LogP contribution in [0.1, 0.15) is 56.7 Å².